The number of nitrogens with one attached hydrogen (secondary N) is 1. The maximum absolute atomic E-state index is 13.5. The molecule has 2 saturated heterocycles. The van der Waals surface area contributed by atoms with Crippen LogP contribution in [0.25, 0.3) is 0 Å². The van der Waals surface area contributed by atoms with Crippen molar-refractivity contribution in [1.29, 1.82) is 0 Å². The van der Waals surface area contributed by atoms with Crippen LogP contribution in [0, 0.1) is 5.41 Å². The number of rotatable bonds is 3. The van der Waals surface area contributed by atoms with Crippen molar-refractivity contribution >= 4 is 22.6 Å². The molecule has 0 radical (unpaired) electrons. The normalized spacial score (nSPS) is 25.8. The molecule has 156 valence electrons. The lowest BCUT2D eigenvalue weighted by atomic mass is 9.79. The zero-order chi connectivity index (χ0) is 21.0. The van der Waals surface area contributed by atoms with Crippen LogP contribution in [0.4, 0.5) is 0 Å². The van der Waals surface area contributed by atoms with Gasteiger partial charge in [0.2, 0.25) is 10.0 Å². The number of hydrogen-bond donors (Lipinski definition) is 1. The second-order valence-corrected chi connectivity index (χ2v) is 11.8. The summed E-state index contributed by atoms with van der Waals surface area (Å²) in [4.78, 5) is 0.288. The molecule has 1 aromatic rings. The fraction of sp³-hybridized carbons (Fsp3) is 0.700. The minimum atomic E-state index is -3.62. The molecule has 2 fully saturated rings. The molecule has 28 heavy (non-hydrogen) atoms. The molecule has 3 rings (SSSR count). The third-order valence-corrected chi connectivity index (χ3v) is 8.09. The Morgan fingerprint density at radius 2 is 1.75 bits per heavy atom. The standard InChI is InChI=1S/C20H33BN2O4S/c1-18(2,3)17-14-22-11-12-23(17)28(24,25)16-10-8-9-15(13-16)21-26-19(4,5)20(6,7)27-21/h8-10,13,17,22H,11-12,14H2,1-7H3. The lowest BCUT2D eigenvalue weighted by molar-refractivity contribution is 0.00578. The summed E-state index contributed by atoms with van der Waals surface area (Å²) in [5.74, 6) is 0. The number of nitrogens with zero attached hydrogens (tertiary/aromatic N) is 1. The van der Waals surface area contributed by atoms with Gasteiger partial charge in [-0.25, -0.2) is 8.42 Å². The quantitative estimate of drug-likeness (QED) is 0.775. The van der Waals surface area contributed by atoms with E-state index >= 15 is 0 Å². The summed E-state index contributed by atoms with van der Waals surface area (Å²) in [6, 6.07) is 6.87. The Hall–Kier alpha value is -0.925. The molecule has 0 spiro atoms. The number of benzene rings is 1. The SMILES string of the molecule is CC(C)(C)C1CNCCN1S(=O)(=O)c1cccc(B2OC(C)(C)C(C)(C)O2)c1. The van der Waals surface area contributed by atoms with E-state index in [1.165, 1.54) is 0 Å². The van der Waals surface area contributed by atoms with Crippen LogP contribution in [-0.2, 0) is 19.3 Å². The molecule has 2 aliphatic rings. The monoisotopic (exact) mass is 408 g/mol. The number of hydrogen-bond acceptors (Lipinski definition) is 5. The average molecular weight is 408 g/mol. The predicted molar refractivity (Wildman–Crippen MR) is 112 cm³/mol. The fourth-order valence-corrected chi connectivity index (χ4v) is 5.51. The molecule has 1 N–H and O–H groups in total. The van der Waals surface area contributed by atoms with Crippen LogP contribution in [0.15, 0.2) is 29.2 Å². The van der Waals surface area contributed by atoms with Gasteiger partial charge in [-0.15, -0.1) is 0 Å². The van der Waals surface area contributed by atoms with Gasteiger partial charge in [-0.3, -0.25) is 0 Å². The van der Waals surface area contributed by atoms with Gasteiger partial charge in [-0.1, -0.05) is 32.9 Å². The zero-order valence-corrected chi connectivity index (χ0v) is 18.9. The summed E-state index contributed by atoms with van der Waals surface area (Å²) < 4.78 is 40.8. The van der Waals surface area contributed by atoms with Crippen molar-refractivity contribution in [1.82, 2.24) is 9.62 Å². The lowest BCUT2D eigenvalue weighted by Crippen LogP contribution is -2.58. The van der Waals surface area contributed by atoms with Crippen LogP contribution >= 0.6 is 0 Å². The third kappa shape index (κ3) is 3.90. The van der Waals surface area contributed by atoms with Crippen LogP contribution in [0.2, 0.25) is 0 Å². The number of piperazine rings is 1. The van der Waals surface area contributed by atoms with Crippen molar-refractivity contribution in [2.45, 2.75) is 70.6 Å². The molecule has 0 aliphatic carbocycles. The van der Waals surface area contributed by atoms with Crippen LogP contribution in [0.1, 0.15) is 48.5 Å². The van der Waals surface area contributed by atoms with E-state index in [1.54, 1.807) is 22.5 Å². The summed E-state index contributed by atoms with van der Waals surface area (Å²) in [7, 11) is -4.20. The average Bonchev–Trinajstić information content (AvgIpc) is 2.82. The van der Waals surface area contributed by atoms with Gasteiger partial charge in [0.25, 0.3) is 0 Å². The summed E-state index contributed by atoms with van der Waals surface area (Å²) in [6.07, 6.45) is 0. The van der Waals surface area contributed by atoms with Crippen molar-refractivity contribution in [2.24, 2.45) is 5.41 Å². The first-order valence-corrected chi connectivity index (χ1v) is 11.4. The highest BCUT2D eigenvalue weighted by atomic mass is 32.2. The van der Waals surface area contributed by atoms with Crippen LogP contribution in [0.5, 0.6) is 0 Å². The van der Waals surface area contributed by atoms with Gasteiger partial charge in [0.05, 0.1) is 16.1 Å². The summed E-state index contributed by atoms with van der Waals surface area (Å²) in [6.45, 7) is 16.0. The van der Waals surface area contributed by atoms with Crippen molar-refractivity contribution in [3.05, 3.63) is 24.3 Å². The first-order chi connectivity index (χ1) is 12.8. The van der Waals surface area contributed by atoms with E-state index in [0.717, 1.165) is 5.46 Å². The summed E-state index contributed by atoms with van der Waals surface area (Å²) in [5.41, 5.74) is -0.378. The van der Waals surface area contributed by atoms with E-state index in [0.29, 0.717) is 19.6 Å². The van der Waals surface area contributed by atoms with Crippen molar-refractivity contribution < 1.29 is 17.7 Å². The first kappa shape index (κ1) is 21.8. The molecule has 1 aromatic carbocycles. The maximum atomic E-state index is 13.5. The van der Waals surface area contributed by atoms with Gasteiger partial charge in [0.1, 0.15) is 0 Å². The lowest BCUT2D eigenvalue weighted by Gasteiger charge is -2.42. The van der Waals surface area contributed by atoms with Crippen LogP contribution in [-0.4, -0.2) is 56.7 Å². The van der Waals surface area contributed by atoms with Crippen molar-refractivity contribution in [2.75, 3.05) is 19.6 Å². The van der Waals surface area contributed by atoms with Gasteiger partial charge in [-0.05, 0) is 50.7 Å². The van der Waals surface area contributed by atoms with Gasteiger partial charge in [0.15, 0.2) is 0 Å². The highest BCUT2D eigenvalue weighted by Gasteiger charge is 2.52. The molecule has 0 saturated carbocycles. The molecule has 0 bridgehead atoms. The summed E-state index contributed by atoms with van der Waals surface area (Å²) >= 11 is 0. The predicted octanol–water partition coefficient (Wildman–Crippen LogP) is 1.99. The first-order valence-electron chi connectivity index (χ1n) is 9.94. The smallest absolute Gasteiger partial charge is 0.399 e. The second kappa shape index (κ2) is 7.09. The molecule has 8 heteroatoms. The van der Waals surface area contributed by atoms with Gasteiger partial charge in [0, 0.05) is 25.7 Å². The minimum absolute atomic E-state index is 0.105. The molecule has 2 aliphatic heterocycles. The Morgan fingerprint density at radius 1 is 1.14 bits per heavy atom. The molecule has 2 heterocycles. The van der Waals surface area contributed by atoms with E-state index in [2.05, 4.69) is 26.1 Å². The Labute approximate surface area is 170 Å². The molecular formula is C20H33BN2O4S. The molecule has 0 amide bonds. The van der Waals surface area contributed by atoms with Crippen LogP contribution in [0.3, 0.4) is 0 Å². The number of sulfonamides is 1. The van der Waals surface area contributed by atoms with E-state index in [-0.39, 0.29) is 16.4 Å². The van der Waals surface area contributed by atoms with Gasteiger partial charge < -0.3 is 14.6 Å². The van der Waals surface area contributed by atoms with E-state index in [1.807, 2.05) is 33.8 Å². The molecule has 0 aromatic heterocycles. The van der Waals surface area contributed by atoms with Gasteiger partial charge >= 0.3 is 7.12 Å². The van der Waals surface area contributed by atoms with E-state index in [9.17, 15) is 8.42 Å². The largest absolute Gasteiger partial charge is 0.494 e. The zero-order valence-electron chi connectivity index (χ0n) is 18.1. The molecule has 1 atom stereocenters. The highest BCUT2D eigenvalue weighted by Crippen LogP contribution is 2.37. The fourth-order valence-electron chi connectivity index (χ4n) is 3.65. The van der Waals surface area contributed by atoms with E-state index in [4.69, 9.17) is 9.31 Å². The molecule has 1 unspecified atom stereocenters. The van der Waals surface area contributed by atoms with Crippen molar-refractivity contribution in [3.63, 3.8) is 0 Å². The molecule has 6 nitrogen and oxygen atoms in total. The summed E-state index contributed by atoms with van der Waals surface area (Å²) in [5, 5.41) is 3.32. The van der Waals surface area contributed by atoms with Crippen molar-refractivity contribution in [3.8, 4) is 0 Å². The van der Waals surface area contributed by atoms with E-state index < -0.39 is 28.3 Å². The highest BCUT2D eigenvalue weighted by molar-refractivity contribution is 7.89. The Bertz CT molecular complexity index is 817. The minimum Gasteiger partial charge on any atom is -0.399 e. The van der Waals surface area contributed by atoms with Crippen LogP contribution < -0.4 is 10.8 Å². The topological polar surface area (TPSA) is 67.9 Å². The van der Waals surface area contributed by atoms with Gasteiger partial charge in [-0.2, -0.15) is 4.31 Å². The Balaban J connectivity index is 1.93. The molecular weight excluding hydrogens is 375 g/mol. The Kier molecular flexibility index (Phi) is 5.52. The Morgan fingerprint density at radius 3 is 2.32 bits per heavy atom. The third-order valence-electron chi connectivity index (χ3n) is 6.18. The maximum Gasteiger partial charge on any atom is 0.494 e. The second-order valence-electron chi connectivity index (χ2n) is 9.86.